The third-order valence-electron chi connectivity index (χ3n) is 3.30. The van der Waals surface area contributed by atoms with Gasteiger partial charge >= 0.3 is 0 Å². The minimum atomic E-state index is -4.29. The van der Waals surface area contributed by atoms with Crippen molar-refractivity contribution < 1.29 is 47.1 Å². The maximum atomic E-state index is 12.6. The lowest BCUT2D eigenvalue weighted by molar-refractivity contribution is -0.333. The van der Waals surface area contributed by atoms with Crippen LogP contribution in [0.3, 0.4) is 0 Å². The Bertz CT molecular complexity index is 878. The number of fused-ring (bicyclic) bond motifs is 1. The van der Waals surface area contributed by atoms with Gasteiger partial charge in [0.2, 0.25) is 25.8 Å². The van der Waals surface area contributed by atoms with Crippen LogP contribution in [0.2, 0.25) is 0 Å². The quantitative estimate of drug-likeness (QED) is 0.222. The first-order valence-corrected chi connectivity index (χ1v) is 10.8. The van der Waals surface area contributed by atoms with Gasteiger partial charge in [-0.3, -0.25) is 5.32 Å². The van der Waals surface area contributed by atoms with Crippen LogP contribution in [0.15, 0.2) is 14.5 Å². The fourth-order valence-corrected chi connectivity index (χ4v) is 6.73. The molecule has 2 heterocycles. The van der Waals surface area contributed by atoms with Gasteiger partial charge in [0.05, 0.1) is 0 Å². The summed E-state index contributed by atoms with van der Waals surface area (Å²) in [5, 5.41) is 53.0. The number of aliphatic hydroxyl groups is 5. The minimum absolute atomic E-state index is 0.0588. The molecule has 26 heavy (non-hydrogen) atoms. The molecular weight excluding hydrogens is 416 g/mol. The number of hydrogen-bond acceptors (Lipinski definition) is 12. The van der Waals surface area contributed by atoms with Crippen molar-refractivity contribution >= 4 is 31.2 Å². The molecule has 0 spiro atoms. The highest BCUT2D eigenvalue weighted by atomic mass is 32.3. The number of nitrogens with one attached hydrogen (secondary N) is 1. The lowest BCUT2D eigenvalue weighted by atomic mass is 10.1. The molecule has 1 aromatic heterocycles. The van der Waals surface area contributed by atoms with Crippen LogP contribution in [0.4, 0.5) is 0 Å². The van der Waals surface area contributed by atoms with Crippen LogP contribution in [-0.2, 0) is 24.6 Å². The first-order chi connectivity index (χ1) is 11.5. The number of nitrogens with two attached hydrogens (primary N) is 1. The van der Waals surface area contributed by atoms with Crippen LogP contribution >= 0.6 is 11.3 Å². The van der Waals surface area contributed by atoms with Crippen molar-refractivity contribution in [3.05, 3.63) is 11.6 Å². The fraction of sp³-hybridized carbons (Fsp3) is 0.636. The smallest absolute Gasteiger partial charge is 0.300 e. The van der Waals surface area contributed by atoms with E-state index in [-0.39, 0.29) is 5.56 Å². The molecule has 0 aliphatic carbocycles. The molecule has 1 aromatic rings. The number of rotatable bonds is 6. The zero-order chi connectivity index (χ0) is 20.1. The van der Waals surface area contributed by atoms with E-state index in [1.165, 1.54) is 0 Å². The van der Waals surface area contributed by atoms with E-state index in [4.69, 9.17) is 25.2 Å². The first-order valence-electron chi connectivity index (χ1n) is 6.92. The summed E-state index contributed by atoms with van der Waals surface area (Å²) < 4.78 is 52.3. The van der Waals surface area contributed by atoms with Crippen molar-refractivity contribution in [3.8, 4) is 0 Å². The summed E-state index contributed by atoms with van der Waals surface area (Å²) >= 11 is 0.344. The summed E-state index contributed by atoms with van der Waals surface area (Å²) in [5.41, 5.74) is -1.79. The van der Waals surface area contributed by atoms with Crippen LogP contribution in [0.25, 0.3) is 0 Å². The van der Waals surface area contributed by atoms with Crippen LogP contribution in [0, 0.1) is 0 Å². The van der Waals surface area contributed by atoms with Crippen LogP contribution in [0.5, 0.6) is 0 Å². The largest absolute Gasteiger partial charge is 0.354 e. The van der Waals surface area contributed by atoms with E-state index in [1.54, 1.807) is 0 Å². The molecule has 12 nitrogen and oxygen atoms in total. The van der Waals surface area contributed by atoms with Crippen molar-refractivity contribution in [1.82, 2.24) is 5.32 Å². The van der Waals surface area contributed by atoms with Crippen LogP contribution in [0.1, 0.15) is 24.9 Å². The van der Waals surface area contributed by atoms with Gasteiger partial charge in [-0.25, -0.2) is 22.0 Å². The molecule has 0 saturated carbocycles. The van der Waals surface area contributed by atoms with Gasteiger partial charge in [0.25, 0.3) is 5.97 Å². The average Bonchev–Trinajstić information content (AvgIpc) is 2.84. The molecule has 0 radical (unpaired) electrons. The van der Waals surface area contributed by atoms with Gasteiger partial charge in [-0.15, -0.1) is 11.3 Å². The Kier molecular flexibility index (Phi) is 5.57. The van der Waals surface area contributed by atoms with Crippen molar-refractivity contribution in [1.29, 1.82) is 0 Å². The van der Waals surface area contributed by atoms with E-state index in [0.29, 0.717) is 11.3 Å². The minimum Gasteiger partial charge on any atom is -0.354 e. The highest BCUT2D eigenvalue weighted by Crippen LogP contribution is 2.43. The summed E-state index contributed by atoms with van der Waals surface area (Å²) in [6.45, 7) is -0.222. The Morgan fingerprint density at radius 2 is 1.92 bits per heavy atom. The zero-order valence-electron chi connectivity index (χ0n) is 13.2. The van der Waals surface area contributed by atoms with Gasteiger partial charge in [0, 0.05) is 24.9 Å². The summed E-state index contributed by atoms with van der Waals surface area (Å²) in [7, 11) is -8.52. The normalized spacial score (nSPS) is 23.7. The lowest BCUT2D eigenvalue weighted by Crippen LogP contribution is -2.48. The third kappa shape index (κ3) is 4.96. The molecule has 2 rings (SSSR count). The average molecular weight is 434 g/mol. The molecule has 2 atom stereocenters. The van der Waals surface area contributed by atoms with E-state index < -0.39 is 64.7 Å². The summed E-state index contributed by atoms with van der Waals surface area (Å²) in [5.74, 6) is -5.73. The van der Waals surface area contributed by atoms with Crippen LogP contribution < -0.4 is 10.5 Å². The second-order valence-corrected chi connectivity index (χ2v) is 11.0. The predicted molar refractivity (Wildman–Crippen MR) is 85.3 cm³/mol. The number of thiophene rings is 1. The third-order valence-corrected chi connectivity index (χ3v) is 8.39. The Morgan fingerprint density at radius 1 is 1.35 bits per heavy atom. The summed E-state index contributed by atoms with van der Waals surface area (Å²) in [6, 6.07) is -0.0863. The molecule has 0 amide bonds. The molecule has 0 bridgehead atoms. The van der Waals surface area contributed by atoms with Crippen molar-refractivity contribution in [2.24, 2.45) is 5.14 Å². The lowest BCUT2D eigenvalue weighted by Gasteiger charge is -2.33. The molecular formula is C11H18N2O10S3. The second-order valence-electron chi connectivity index (χ2n) is 5.87. The van der Waals surface area contributed by atoms with E-state index in [9.17, 15) is 27.0 Å². The summed E-state index contributed by atoms with van der Waals surface area (Å²) in [4.78, 5) is 0. The number of sulfonamides is 1. The molecule has 8 N–H and O–H groups in total. The SMILES string of the molecule is CC(O)(O)NC1CC(OCC(O)(O)O)S(=O)(=O)c2sc(S(N)(=O)=O)cc21. The highest BCUT2D eigenvalue weighted by molar-refractivity contribution is 7.95. The molecule has 150 valence electrons. The maximum absolute atomic E-state index is 12.6. The van der Waals surface area contributed by atoms with Gasteiger partial charge < -0.3 is 30.3 Å². The number of ether oxygens (including phenoxy) is 1. The van der Waals surface area contributed by atoms with Gasteiger partial charge in [-0.2, -0.15) is 0 Å². The number of primary sulfonamides is 1. The van der Waals surface area contributed by atoms with Crippen LogP contribution in [-0.4, -0.2) is 66.3 Å². The topological polar surface area (TPSA) is 217 Å². The Morgan fingerprint density at radius 3 is 2.38 bits per heavy atom. The first kappa shape index (κ1) is 21.6. The Labute approximate surface area is 152 Å². The van der Waals surface area contributed by atoms with Gasteiger partial charge in [-0.05, 0) is 6.07 Å². The van der Waals surface area contributed by atoms with E-state index >= 15 is 0 Å². The molecule has 1 aliphatic rings. The van der Waals surface area contributed by atoms with Gasteiger partial charge in [0.15, 0.2) is 5.44 Å². The van der Waals surface area contributed by atoms with Crippen molar-refractivity contribution in [2.45, 2.75) is 45.1 Å². The van der Waals surface area contributed by atoms with Gasteiger partial charge in [0.1, 0.15) is 15.0 Å². The fourth-order valence-electron chi connectivity index (χ4n) is 2.37. The highest BCUT2D eigenvalue weighted by Gasteiger charge is 2.44. The Hall–Kier alpha value is -0.720. The second kappa shape index (κ2) is 6.71. The maximum Gasteiger partial charge on any atom is 0.300 e. The Balaban J connectivity index is 2.52. The predicted octanol–water partition coefficient (Wildman–Crippen LogP) is -3.16. The molecule has 0 fully saturated rings. The van der Waals surface area contributed by atoms with Crippen molar-refractivity contribution in [2.75, 3.05) is 6.61 Å². The molecule has 1 aliphatic heterocycles. The zero-order valence-corrected chi connectivity index (χ0v) is 15.7. The molecule has 2 unspecified atom stereocenters. The van der Waals surface area contributed by atoms with E-state index in [1.807, 2.05) is 0 Å². The molecule has 15 heteroatoms. The van der Waals surface area contributed by atoms with E-state index in [0.717, 1.165) is 13.0 Å². The van der Waals surface area contributed by atoms with Crippen molar-refractivity contribution in [3.63, 3.8) is 0 Å². The number of hydrogen-bond donors (Lipinski definition) is 7. The van der Waals surface area contributed by atoms with Gasteiger partial charge in [-0.1, -0.05) is 0 Å². The molecule has 0 saturated heterocycles. The van der Waals surface area contributed by atoms with E-state index in [2.05, 4.69) is 5.32 Å². The number of sulfone groups is 1. The standard InChI is InChI=1S/C11H18N2O10S3/c1-10(14,15)13-6-3-7(23-4-11(16,17)18)25(19,20)9-5(6)2-8(24-9)26(12,21)22/h2,6-7,13-18H,3-4H2,1H3,(H2,12,21,22). The molecule has 0 aromatic carbocycles. The summed E-state index contributed by atoms with van der Waals surface area (Å²) in [6.07, 6.45) is -0.442. The monoisotopic (exact) mass is 434 g/mol.